The van der Waals surface area contributed by atoms with Gasteiger partial charge in [0.15, 0.2) is 5.78 Å². The summed E-state index contributed by atoms with van der Waals surface area (Å²) in [6.07, 6.45) is 5.63. The van der Waals surface area contributed by atoms with Crippen molar-refractivity contribution in [1.82, 2.24) is 5.32 Å². The summed E-state index contributed by atoms with van der Waals surface area (Å²) in [5.74, 6) is 0.296. The Morgan fingerprint density at radius 1 is 1.44 bits per heavy atom. The smallest absolute Gasteiger partial charge is 0.174 e. The summed E-state index contributed by atoms with van der Waals surface area (Å²) in [6.45, 7) is 1.07. The average molecular weight is 260 g/mol. The molecule has 16 heavy (non-hydrogen) atoms. The van der Waals surface area contributed by atoms with Gasteiger partial charge >= 0.3 is 0 Å². The van der Waals surface area contributed by atoms with Crippen LogP contribution in [0.4, 0.5) is 0 Å². The van der Waals surface area contributed by atoms with Crippen LogP contribution in [-0.2, 0) is 0 Å². The molecule has 4 heteroatoms. The first kappa shape index (κ1) is 13.7. The molecule has 1 aromatic rings. The highest BCUT2D eigenvalue weighted by Gasteiger charge is 2.16. The first-order valence-corrected chi connectivity index (χ1v) is 6.54. The number of thiophene rings is 1. The van der Waals surface area contributed by atoms with E-state index in [9.17, 15) is 4.79 Å². The van der Waals surface area contributed by atoms with Gasteiger partial charge in [-0.15, -0.1) is 23.7 Å². The van der Waals surface area contributed by atoms with Crippen molar-refractivity contribution in [3.63, 3.8) is 0 Å². The minimum absolute atomic E-state index is 0. The van der Waals surface area contributed by atoms with Gasteiger partial charge < -0.3 is 5.32 Å². The van der Waals surface area contributed by atoms with E-state index in [0.717, 1.165) is 17.8 Å². The molecule has 0 saturated carbocycles. The topological polar surface area (TPSA) is 29.1 Å². The third-order valence-corrected chi connectivity index (χ3v) is 3.80. The summed E-state index contributed by atoms with van der Waals surface area (Å²) < 4.78 is 0. The van der Waals surface area contributed by atoms with Gasteiger partial charge in [-0.2, -0.15) is 0 Å². The molecule has 1 N–H and O–H groups in total. The van der Waals surface area contributed by atoms with Crippen molar-refractivity contribution in [2.24, 2.45) is 0 Å². The Morgan fingerprint density at radius 3 is 3.06 bits per heavy atom. The van der Waals surface area contributed by atoms with Gasteiger partial charge in [0, 0.05) is 12.5 Å². The van der Waals surface area contributed by atoms with Gasteiger partial charge in [0.2, 0.25) is 0 Å². The Hall–Kier alpha value is -0.380. The largest absolute Gasteiger partial charge is 0.314 e. The van der Waals surface area contributed by atoms with Crippen LogP contribution in [0.25, 0.3) is 0 Å². The minimum Gasteiger partial charge on any atom is -0.314 e. The van der Waals surface area contributed by atoms with E-state index in [4.69, 9.17) is 0 Å². The summed E-state index contributed by atoms with van der Waals surface area (Å²) in [6, 6.07) is 4.27. The van der Waals surface area contributed by atoms with Crippen molar-refractivity contribution in [1.29, 1.82) is 0 Å². The highest BCUT2D eigenvalue weighted by Crippen LogP contribution is 2.16. The van der Waals surface area contributed by atoms with Crippen LogP contribution in [0.15, 0.2) is 17.5 Å². The van der Waals surface area contributed by atoms with E-state index >= 15 is 0 Å². The van der Waals surface area contributed by atoms with Crippen molar-refractivity contribution in [3.05, 3.63) is 22.4 Å². The molecular weight excluding hydrogens is 242 g/mol. The molecule has 1 aromatic heterocycles. The van der Waals surface area contributed by atoms with Crippen molar-refractivity contribution in [2.75, 3.05) is 6.54 Å². The molecule has 1 fully saturated rings. The van der Waals surface area contributed by atoms with Crippen LogP contribution in [0.2, 0.25) is 0 Å². The maximum Gasteiger partial charge on any atom is 0.174 e. The number of Topliss-reactive ketones (excluding diaryl/α,β-unsaturated/α-hetero) is 1. The predicted octanol–water partition coefficient (Wildman–Crippen LogP) is 3.27. The molecule has 0 spiro atoms. The van der Waals surface area contributed by atoms with Gasteiger partial charge in [-0.3, -0.25) is 4.79 Å². The molecule has 2 heterocycles. The van der Waals surface area contributed by atoms with Crippen LogP contribution in [0, 0.1) is 0 Å². The maximum absolute atomic E-state index is 11.9. The lowest BCUT2D eigenvalue weighted by Gasteiger charge is -2.13. The lowest BCUT2D eigenvalue weighted by atomic mass is 10.0. The van der Waals surface area contributed by atoms with E-state index in [-0.39, 0.29) is 12.4 Å². The van der Waals surface area contributed by atoms with Gasteiger partial charge in [0.25, 0.3) is 0 Å². The lowest BCUT2D eigenvalue weighted by molar-refractivity contribution is 0.0972. The summed E-state index contributed by atoms with van der Waals surface area (Å²) >= 11 is 1.55. The zero-order chi connectivity index (χ0) is 10.5. The normalized spacial score (nSPS) is 20.9. The Labute approximate surface area is 107 Å². The van der Waals surface area contributed by atoms with Crippen molar-refractivity contribution in [3.8, 4) is 0 Å². The molecule has 2 rings (SSSR count). The van der Waals surface area contributed by atoms with Crippen LogP contribution in [-0.4, -0.2) is 18.4 Å². The molecule has 1 aliphatic rings. The Bertz CT molecular complexity index is 305. The predicted molar refractivity (Wildman–Crippen MR) is 70.8 cm³/mol. The van der Waals surface area contributed by atoms with Gasteiger partial charge in [-0.1, -0.05) is 18.9 Å². The van der Waals surface area contributed by atoms with Gasteiger partial charge in [0.05, 0.1) is 4.88 Å². The summed E-state index contributed by atoms with van der Waals surface area (Å²) in [4.78, 5) is 12.8. The van der Waals surface area contributed by atoms with E-state index in [1.54, 1.807) is 11.3 Å². The van der Waals surface area contributed by atoms with Crippen LogP contribution < -0.4 is 5.32 Å². The molecular formula is C12H18ClNOS. The van der Waals surface area contributed by atoms with Crippen molar-refractivity contribution in [2.45, 2.75) is 38.1 Å². The summed E-state index contributed by atoms with van der Waals surface area (Å²) in [5.41, 5.74) is 0. The molecule has 0 aliphatic carbocycles. The van der Waals surface area contributed by atoms with E-state index < -0.39 is 0 Å². The van der Waals surface area contributed by atoms with Crippen LogP contribution in [0.5, 0.6) is 0 Å². The van der Waals surface area contributed by atoms with Gasteiger partial charge in [0.1, 0.15) is 0 Å². The summed E-state index contributed by atoms with van der Waals surface area (Å²) in [5, 5.41) is 5.42. The number of carbonyl (C=O) groups excluding carboxylic acids is 1. The van der Waals surface area contributed by atoms with E-state index in [2.05, 4.69) is 5.32 Å². The average Bonchev–Trinajstić information content (AvgIpc) is 2.65. The quantitative estimate of drug-likeness (QED) is 0.844. The minimum atomic E-state index is 0. The second-order valence-corrected chi connectivity index (χ2v) is 5.05. The third kappa shape index (κ3) is 3.89. The van der Waals surface area contributed by atoms with E-state index in [1.165, 1.54) is 19.3 Å². The van der Waals surface area contributed by atoms with E-state index in [0.29, 0.717) is 18.2 Å². The van der Waals surface area contributed by atoms with Crippen molar-refractivity contribution < 1.29 is 4.79 Å². The van der Waals surface area contributed by atoms with E-state index in [1.807, 2.05) is 17.5 Å². The number of hydrogen-bond donors (Lipinski definition) is 1. The van der Waals surface area contributed by atoms with Crippen LogP contribution in [0.1, 0.15) is 41.8 Å². The molecule has 90 valence electrons. The monoisotopic (exact) mass is 259 g/mol. The number of rotatable bonds is 3. The van der Waals surface area contributed by atoms with Gasteiger partial charge in [-0.25, -0.2) is 0 Å². The molecule has 0 radical (unpaired) electrons. The lowest BCUT2D eigenvalue weighted by Crippen LogP contribution is -2.30. The first-order valence-electron chi connectivity index (χ1n) is 5.66. The zero-order valence-electron chi connectivity index (χ0n) is 9.28. The Balaban J connectivity index is 0.00000128. The van der Waals surface area contributed by atoms with Gasteiger partial charge in [-0.05, 0) is 30.8 Å². The second kappa shape index (κ2) is 7.05. The molecule has 1 saturated heterocycles. The Kier molecular flexibility index (Phi) is 6.03. The number of ketones is 1. The molecule has 0 aromatic carbocycles. The molecule has 0 amide bonds. The van der Waals surface area contributed by atoms with Crippen LogP contribution >= 0.6 is 23.7 Å². The fraction of sp³-hybridized carbons (Fsp3) is 0.583. The highest BCUT2D eigenvalue weighted by molar-refractivity contribution is 7.12. The Morgan fingerprint density at radius 2 is 2.31 bits per heavy atom. The number of carbonyl (C=O) groups is 1. The SMILES string of the molecule is Cl.O=C(CC1CCCCCN1)c1cccs1. The number of nitrogens with one attached hydrogen (secondary N) is 1. The summed E-state index contributed by atoms with van der Waals surface area (Å²) in [7, 11) is 0. The third-order valence-electron chi connectivity index (χ3n) is 2.89. The molecule has 2 nitrogen and oxygen atoms in total. The second-order valence-electron chi connectivity index (χ2n) is 4.10. The molecule has 1 atom stereocenters. The number of hydrogen-bond acceptors (Lipinski definition) is 3. The highest BCUT2D eigenvalue weighted by atomic mass is 35.5. The van der Waals surface area contributed by atoms with Crippen molar-refractivity contribution >= 4 is 29.5 Å². The fourth-order valence-electron chi connectivity index (χ4n) is 2.04. The first-order chi connectivity index (χ1) is 7.36. The fourth-order valence-corrected chi connectivity index (χ4v) is 2.71. The standard InChI is InChI=1S/C12H17NOS.ClH/c14-11(12-6-4-8-15-12)9-10-5-2-1-3-7-13-10;/h4,6,8,10,13H,1-3,5,7,9H2;1H. The zero-order valence-corrected chi connectivity index (χ0v) is 10.9. The molecule has 0 bridgehead atoms. The molecule has 1 aliphatic heterocycles. The molecule has 1 unspecified atom stereocenters. The van der Waals surface area contributed by atoms with Crippen LogP contribution in [0.3, 0.4) is 0 Å². The maximum atomic E-state index is 11.9. The number of halogens is 1.